The summed E-state index contributed by atoms with van der Waals surface area (Å²) in [6, 6.07) is 4.75. The van der Waals surface area contributed by atoms with Crippen molar-refractivity contribution in [1.29, 1.82) is 0 Å². The minimum Gasteiger partial charge on any atom is -0.413 e. The fraction of sp³-hybridized carbons (Fsp3) is 0.538. The van der Waals surface area contributed by atoms with Crippen molar-refractivity contribution in [2.45, 2.75) is 45.5 Å². The normalized spacial score (nSPS) is 12.8. The molecule has 0 fully saturated rings. The maximum Gasteiger partial charge on any atom is 0.192 e. The first-order valence-electron chi connectivity index (χ1n) is 5.81. The van der Waals surface area contributed by atoms with Gasteiger partial charge in [-0.25, -0.2) is 4.39 Å². The van der Waals surface area contributed by atoms with E-state index in [0.717, 1.165) is 5.56 Å². The van der Waals surface area contributed by atoms with Crippen molar-refractivity contribution in [3.05, 3.63) is 29.6 Å². The predicted molar refractivity (Wildman–Crippen MR) is 73.8 cm³/mol. The first-order valence-corrected chi connectivity index (χ1v) is 8.72. The topological polar surface area (TPSA) is 9.23 Å². The molecule has 1 rings (SSSR count). The van der Waals surface area contributed by atoms with Gasteiger partial charge in [-0.05, 0) is 29.8 Å². The molecule has 0 amide bonds. The van der Waals surface area contributed by atoms with Gasteiger partial charge in [-0.1, -0.05) is 38.4 Å². The van der Waals surface area contributed by atoms with E-state index in [4.69, 9.17) is 12.3 Å². The molecule has 0 saturated carbocycles. The Morgan fingerprint density at radius 2 is 1.88 bits per heavy atom. The highest BCUT2D eigenvalue weighted by Gasteiger charge is 2.36. The number of rotatable bonds is 3. The molecule has 0 saturated heterocycles. The number of halogens is 1. The summed E-state index contributed by atoms with van der Waals surface area (Å²) in [5, 5.41) is 0.179. The van der Waals surface area contributed by atoms with Crippen LogP contribution in [0.4, 0.5) is 4.39 Å². The third-order valence-corrected chi connectivity index (χ3v) is 7.94. The summed E-state index contributed by atoms with van der Waals surface area (Å²) in [6.45, 7) is 11.5. The van der Waals surface area contributed by atoms with Crippen LogP contribution in [-0.2, 0) is 11.0 Å². The molecule has 4 heteroatoms. The van der Waals surface area contributed by atoms with Crippen LogP contribution < -0.4 is 5.46 Å². The van der Waals surface area contributed by atoms with Crippen molar-refractivity contribution in [2.75, 3.05) is 0 Å². The summed E-state index contributed by atoms with van der Waals surface area (Å²) in [4.78, 5) is 0. The highest BCUT2D eigenvalue weighted by molar-refractivity contribution is 6.74. The van der Waals surface area contributed by atoms with Gasteiger partial charge in [-0.3, -0.25) is 0 Å². The molecule has 0 bridgehead atoms. The molecule has 0 unspecified atom stereocenters. The maximum absolute atomic E-state index is 13.0. The van der Waals surface area contributed by atoms with Gasteiger partial charge in [-0.15, -0.1) is 0 Å². The summed E-state index contributed by atoms with van der Waals surface area (Å²) in [6.07, 6.45) is 0. The van der Waals surface area contributed by atoms with Gasteiger partial charge >= 0.3 is 0 Å². The van der Waals surface area contributed by atoms with Crippen LogP contribution in [0.25, 0.3) is 0 Å². The van der Waals surface area contributed by atoms with Crippen LogP contribution in [0.3, 0.4) is 0 Å². The lowest BCUT2D eigenvalue weighted by Gasteiger charge is -2.36. The van der Waals surface area contributed by atoms with Crippen molar-refractivity contribution in [3.8, 4) is 0 Å². The van der Waals surface area contributed by atoms with Crippen molar-refractivity contribution < 1.29 is 8.82 Å². The average molecular weight is 250 g/mol. The molecule has 0 spiro atoms. The van der Waals surface area contributed by atoms with Crippen LogP contribution in [0.15, 0.2) is 18.2 Å². The Morgan fingerprint density at radius 3 is 2.35 bits per heavy atom. The van der Waals surface area contributed by atoms with Gasteiger partial charge in [0.05, 0.1) is 6.61 Å². The van der Waals surface area contributed by atoms with Crippen LogP contribution in [0.1, 0.15) is 26.3 Å². The highest BCUT2D eigenvalue weighted by atomic mass is 28.4. The van der Waals surface area contributed by atoms with E-state index in [0.29, 0.717) is 6.61 Å². The third-order valence-electron chi connectivity index (χ3n) is 3.47. The van der Waals surface area contributed by atoms with Crippen molar-refractivity contribution in [1.82, 2.24) is 0 Å². The molecule has 0 aromatic heterocycles. The van der Waals surface area contributed by atoms with E-state index in [1.54, 1.807) is 12.1 Å². The quantitative estimate of drug-likeness (QED) is 0.749. The Morgan fingerprint density at radius 1 is 1.29 bits per heavy atom. The maximum atomic E-state index is 13.0. The Labute approximate surface area is 106 Å². The van der Waals surface area contributed by atoms with Crippen LogP contribution in [0, 0.1) is 5.82 Å². The number of benzene rings is 1. The molecule has 0 heterocycles. The molecular formula is C13H20BFOSi. The summed E-state index contributed by atoms with van der Waals surface area (Å²) in [5.74, 6) is -0.374. The van der Waals surface area contributed by atoms with Gasteiger partial charge in [-0.2, -0.15) is 0 Å². The second-order valence-electron chi connectivity index (χ2n) is 5.90. The van der Waals surface area contributed by atoms with E-state index in [1.807, 2.05) is 0 Å². The lowest BCUT2D eigenvalue weighted by Crippen LogP contribution is -2.40. The smallest absolute Gasteiger partial charge is 0.192 e. The molecule has 1 aromatic rings. The minimum atomic E-state index is -1.75. The van der Waals surface area contributed by atoms with E-state index in [2.05, 4.69) is 33.9 Å². The molecule has 2 radical (unpaired) electrons. The van der Waals surface area contributed by atoms with E-state index in [9.17, 15) is 4.39 Å². The fourth-order valence-electron chi connectivity index (χ4n) is 1.16. The summed E-state index contributed by atoms with van der Waals surface area (Å²) in [7, 11) is 3.77. The molecule has 0 aliphatic heterocycles. The largest absolute Gasteiger partial charge is 0.413 e. The second-order valence-corrected chi connectivity index (χ2v) is 10.7. The van der Waals surface area contributed by atoms with Crippen molar-refractivity contribution >= 4 is 21.6 Å². The molecule has 17 heavy (non-hydrogen) atoms. The second kappa shape index (κ2) is 4.94. The standard InChI is InChI=1S/C13H20BFOSi/c1-13(2,3)17(4,5)16-9-10-6-7-12(15)11(14)8-10/h6-8H,9H2,1-5H3. The van der Waals surface area contributed by atoms with Crippen molar-refractivity contribution in [3.63, 3.8) is 0 Å². The zero-order valence-electron chi connectivity index (χ0n) is 11.3. The van der Waals surface area contributed by atoms with Gasteiger partial charge in [0.15, 0.2) is 8.32 Å². The summed E-state index contributed by atoms with van der Waals surface area (Å²) in [5.41, 5.74) is 1.11. The zero-order valence-corrected chi connectivity index (χ0v) is 12.3. The van der Waals surface area contributed by atoms with Crippen molar-refractivity contribution in [2.24, 2.45) is 0 Å². The van der Waals surface area contributed by atoms with Gasteiger partial charge in [0.1, 0.15) is 13.7 Å². The third kappa shape index (κ3) is 3.68. The zero-order chi connectivity index (χ0) is 13.3. The monoisotopic (exact) mass is 250 g/mol. The lowest BCUT2D eigenvalue weighted by molar-refractivity contribution is 0.276. The Balaban J connectivity index is 2.71. The minimum absolute atomic E-state index is 0.179. The van der Waals surface area contributed by atoms with E-state index < -0.39 is 8.32 Å². The Hall–Kier alpha value is -0.608. The first-order chi connectivity index (χ1) is 7.63. The molecule has 1 aromatic carbocycles. The average Bonchev–Trinajstić information content (AvgIpc) is 2.18. The first kappa shape index (κ1) is 14.5. The SMILES string of the molecule is [B]c1cc(CO[Si](C)(C)C(C)(C)C)ccc1F. The van der Waals surface area contributed by atoms with E-state index in [-0.39, 0.29) is 16.3 Å². The molecular weight excluding hydrogens is 230 g/mol. The Bertz CT molecular complexity index is 399. The van der Waals surface area contributed by atoms with E-state index >= 15 is 0 Å². The Kier molecular flexibility index (Phi) is 4.20. The highest BCUT2D eigenvalue weighted by Crippen LogP contribution is 2.36. The molecule has 0 aliphatic rings. The predicted octanol–water partition coefficient (Wildman–Crippen LogP) is 3.14. The van der Waals surface area contributed by atoms with Gasteiger partial charge < -0.3 is 4.43 Å². The summed E-state index contributed by atoms with van der Waals surface area (Å²) < 4.78 is 19.0. The number of hydrogen-bond donors (Lipinski definition) is 0. The molecule has 0 N–H and O–H groups in total. The molecule has 1 nitrogen and oxygen atoms in total. The fourth-order valence-corrected chi connectivity index (χ4v) is 2.12. The van der Waals surface area contributed by atoms with Crippen LogP contribution in [0.2, 0.25) is 18.1 Å². The number of hydrogen-bond acceptors (Lipinski definition) is 1. The van der Waals surface area contributed by atoms with Crippen LogP contribution in [0.5, 0.6) is 0 Å². The van der Waals surface area contributed by atoms with Crippen LogP contribution in [-0.4, -0.2) is 16.2 Å². The van der Waals surface area contributed by atoms with Gasteiger partial charge in [0.2, 0.25) is 0 Å². The summed E-state index contributed by atoms with van der Waals surface area (Å²) >= 11 is 0. The van der Waals surface area contributed by atoms with Gasteiger partial charge in [0.25, 0.3) is 0 Å². The molecule has 0 atom stereocenters. The van der Waals surface area contributed by atoms with Crippen LogP contribution >= 0.6 is 0 Å². The van der Waals surface area contributed by atoms with Gasteiger partial charge in [0, 0.05) is 0 Å². The lowest BCUT2D eigenvalue weighted by atomic mass is 9.94. The van der Waals surface area contributed by atoms with E-state index in [1.165, 1.54) is 6.07 Å². The molecule has 0 aliphatic carbocycles. The molecule has 92 valence electrons.